The van der Waals surface area contributed by atoms with Crippen LogP contribution in [-0.2, 0) is 16.0 Å². The van der Waals surface area contributed by atoms with E-state index in [4.69, 9.17) is 15.6 Å². The summed E-state index contributed by atoms with van der Waals surface area (Å²) in [4.78, 5) is 19.9. The van der Waals surface area contributed by atoms with E-state index in [2.05, 4.69) is 80.8 Å². The second-order valence-corrected chi connectivity index (χ2v) is 6.66. The van der Waals surface area contributed by atoms with Crippen molar-refractivity contribution in [2.24, 2.45) is 17.2 Å². The topological polar surface area (TPSA) is 167 Å². The van der Waals surface area contributed by atoms with Crippen molar-refractivity contribution in [3.05, 3.63) is 83.4 Å². The number of hydrogen-bond donors (Lipinski definition) is 5. The molecule has 0 aromatic heterocycles. The summed E-state index contributed by atoms with van der Waals surface area (Å²) in [7, 11) is 0. The van der Waals surface area contributed by atoms with E-state index in [1.807, 2.05) is 18.2 Å². The predicted molar refractivity (Wildman–Crippen MR) is 133 cm³/mol. The van der Waals surface area contributed by atoms with E-state index in [1.54, 1.807) is 0 Å². The van der Waals surface area contributed by atoms with Gasteiger partial charge in [0.1, 0.15) is 0 Å². The lowest BCUT2D eigenvalue weighted by atomic mass is 9.86. The molecule has 3 aromatic carbocycles. The molecule has 0 heterocycles. The molecule has 0 saturated carbocycles. The number of fused-ring (bicyclic) bond motifs is 1. The molecule has 3 aromatic rings. The number of carbonyl (C=O) groups is 2. The van der Waals surface area contributed by atoms with Crippen LogP contribution in [0.15, 0.2) is 66.7 Å². The van der Waals surface area contributed by atoms with Gasteiger partial charge in [-0.05, 0) is 27.5 Å². The molecule has 32 heavy (non-hydrogen) atoms. The summed E-state index contributed by atoms with van der Waals surface area (Å²) in [5.41, 5.74) is 17.4. The Labute approximate surface area is 191 Å². The normalized spacial score (nSPS) is 9.91. The van der Waals surface area contributed by atoms with Crippen molar-refractivity contribution in [2.75, 3.05) is 6.73 Å². The number of nitrogens with two attached hydrogens (primary N) is 3. The minimum Gasteiger partial charge on any atom is -0.382 e. The molecular weight excluding hydrogens is 404 g/mol. The highest BCUT2D eigenvalue weighted by Crippen LogP contribution is 2.32. The molecule has 0 aliphatic heterocycles. The van der Waals surface area contributed by atoms with Crippen molar-refractivity contribution in [2.45, 2.75) is 39.5 Å². The van der Waals surface area contributed by atoms with Gasteiger partial charge in [-0.2, -0.15) is 0 Å². The lowest BCUT2D eigenvalue weighted by Gasteiger charge is -2.18. The Hall–Kier alpha value is -3.26. The molecule has 0 fully saturated rings. The van der Waals surface area contributed by atoms with Crippen LogP contribution in [0.1, 0.15) is 49.8 Å². The fourth-order valence-electron chi connectivity index (χ4n) is 3.10. The molecule has 3 rings (SSSR count). The number of primary amides is 2. The van der Waals surface area contributed by atoms with E-state index in [0.717, 1.165) is 11.1 Å². The van der Waals surface area contributed by atoms with Crippen LogP contribution in [0.2, 0.25) is 0 Å². The summed E-state index contributed by atoms with van der Waals surface area (Å²) in [6.45, 7) is 6.18. The van der Waals surface area contributed by atoms with Crippen molar-refractivity contribution < 1.29 is 14.7 Å². The summed E-state index contributed by atoms with van der Waals surface area (Å²) in [5, 5.41) is 9.84. The predicted octanol–water partition coefficient (Wildman–Crippen LogP) is 3.59. The van der Waals surface area contributed by atoms with Gasteiger partial charge in [0.2, 0.25) is 12.3 Å². The molecule has 10 N–H and O–H groups in total. The number of rotatable bonds is 4. The van der Waals surface area contributed by atoms with Crippen LogP contribution >= 0.6 is 0 Å². The lowest BCUT2D eigenvalue weighted by molar-refractivity contribution is -0.117. The molecule has 0 bridgehead atoms. The van der Waals surface area contributed by atoms with Crippen LogP contribution in [0.5, 0.6) is 0 Å². The molecule has 176 valence electrons. The number of aliphatic hydroxyl groups is 1. The van der Waals surface area contributed by atoms with E-state index < -0.39 is 0 Å². The fourth-order valence-corrected chi connectivity index (χ4v) is 3.10. The second kappa shape index (κ2) is 18.5. The average molecular weight is 443 g/mol. The zero-order valence-electron chi connectivity index (χ0n) is 19.3. The average Bonchev–Trinajstić information content (AvgIpc) is 2.74. The third kappa shape index (κ3) is 10.7. The first kappa shape index (κ1) is 30.9. The first-order chi connectivity index (χ1) is 14.9. The van der Waals surface area contributed by atoms with Crippen molar-refractivity contribution in [1.29, 1.82) is 0 Å². The Balaban J connectivity index is 0. The fraction of sp³-hybridized carbons (Fsp3) is 0.280. The van der Waals surface area contributed by atoms with Crippen molar-refractivity contribution in [1.82, 2.24) is 6.15 Å². The van der Waals surface area contributed by atoms with Gasteiger partial charge < -0.3 is 28.5 Å². The molecule has 2 amide bonds. The Bertz CT molecular complexity index is 909. The molecule has 7 heteroatoms. The highest BCUT2D eigenvalue weighted by atomic mass is 16.3. The molecule has 0 radical (unpaired) electrons. The van der Waals surface area contributed by atoms with Crippen molar-refractivity contribution in [3.8, 4) is 0 Å². The first-order valence-corrected chi connectivity index (χ1v) is 10.2. The summed E-state index contributed by atoms with van der Waals surface area (Å²) >= 11 is 0. The van der Waals surface area contributed by atoms with Gasteiger partial charge in [-0.1, -0.05) is 93.9 Å². The third-order valence-corrected chi connectivity index (χ3v) is 4.18. The summed E-state index contributed by atoms with van der Waals surface area (Å²) in [5.74, 6) is -0.0841. The van der Waals surface area contributed by atoms with Crippen LogP contribution < -0.4 is 23.4 Å². The minimum absolute atomic E-state index is 0. The largest absolute Gasteiger partial charge is 0.382 e. The maximum absolute atomic E-state index is 11.3. The highest BCUT2D eigenvalue weighted by Gasteiger charge is 2.15. The monoisotopic (exact) mass is 442 g/mol. The lowest BCUT2D eigenvalue weighted by Crippen LogP contribution is -2.15. The van der Waals surface area contributed by atoms with Crippen molar-refractivity contribution >= 4 is 23.1 Å². The third-order valence-electron chi connectivity index (χ3n) is 4.18. The zero-order valence-corrected chi connectivity index (χ0v) is 19.3. The maximum atomic E-state index is 11.3. The van der Waals surface area contributed by atoms with E-state index in [1.165, 1.54) is 22.8 Å². The van der Waals surface area contributed by atoms with Crippen LogP contribution in [0, 0.1) is 0 Å². The van der Waals surface area contributed by atoms with Gasteiger partial charge in [0.05, 0.1) is 13.2 Å². The molecule has 0 aliphatic rings. The Morgan fingerprint density at radius 1 is 0.969 bits per heavy atom. The Morgan fingerprint density at radius 3 is 1.97 bits per heavy atom. The highest BCUT2D eigenvalue weighted by molar-refractivity contribution is 5.86. The van der Waals surface area contributed by atoms with Gasteiger partial charge in [0.25, 0.3) is 0 Å². The van der Waals surface area contributed by atoms with Crippen LogP contribution in [0.4, 0.5) is 0 Å². The second-order valence-electron chi connectivity index (χ2n) is 6.66. The van der Waals surface area contributed by atoms with Gasteiger partial charge in [-0.25, -0.2) is 0 Å². The molecule has 0 aliphatic carbocycles. The molecular formula is C25H38N4O3. The van der Waals surface area contributed by atoms with Crippen LogP contribution in [0.25, 0.3) is 10.8 Å². The maximum Gasteiger partial charge on any atom is 0.221 e. The summed E-state index contributed by atoms with van der Waals surface area (Å²) < 4.78 is 0. The van der Waals surface area contributed by atoms with Crippen LogP contribution in [0.3, 0.4) is 0 Å². The van der Waals surface area contributed by atoms with E-state index in [9.17, 15) is 4.79 Å². The van der Waals surface area contributed by atoms with Crippen molar-refractivity contribution in [3.63, 3.8) is 0 Å². The zero-order chi connectivity index (χ0) is 23.6. The molecule has 0 spiro atoms. The SMILES string of the molecule is CC(c1ccccc1CC(N)=O)c1cccc2ccccc12.CCC.N.NC=O.NCO. The van der Waals surface area contributed by atoms with Gasteiger partial charge in [-0.15, -0.1) is 0 Å². The standard InChI is InChI=1S/C20H19NO.C3H8.CH5NO.CH3NO.H3N/c1-14(17-10-4-3-8-16(17)13-20(21)22)18-12-6-9-15-7-2-5-11-19(15)18;1-3-2;2*2-1-3;/h2-12,14H,13H2,1H3,(H2,21,22);3H2,1-2H3;3H,1-2H2;1H,(H2,2,3);1H3. The van der Waals surface area contributed by atoms with Crippen LogP contribution in [-0.4, -0.2) is 24.2 Å². The quantitative estimate of drug-likeness (QED) is 0.307. The molecule has 1 atom stereocenters. The molecule has 1 unspecified atom stereocenters. The number of carbonyl (C=O) groups excluding carboxylic acids is 2. The number of aliphatic hydroxyl groups excluding tert-OH is 1. The van der Waals surface area contributed by atoms with Gasteiger partial charge in [0.15, 0.2) is 0 Å². The molecule has 7 nitrogen and oxygen atoms in total. The Kier molecular flexibility index (Phi) is 17.9. The number of benzene rings is 3. The van der Waals surface area contributed by atoms with Gasteiger partial charge in [-0.3, -0.25) is 9.59 Å². The summed E-state index contributed by atoms with van der Waals surface area (Å²) in [6.07, 6.45) is 1.78. The molecule has 0 saturated heterocycles. The number of amides is 2. The van der Waals surface area contributed by atoms with Gasteiger partial charge >= 0.3 is 0 Å². The first-order valence-electron chi connectivity index (χ1n) is 10.2. The van der Waals surface area contributed by atoms with E-state index >= 15 is 0 Å². The Morgan fingerprint density at radius 2 is 1.41 bits per heavy atom. The van der Waals surface area contributed by atoms with E-state index in [-0.39, 0.29) is 37.5 Å². The van der Waals surface area contributed by atoms with E-state index in [0.29, 0.717) is 0 Å². The number of hydrogen-bond acceptors (Lipinski definition) is 5. The smallest absolute Gasteiger partial charge is 0.221 e. The van der Waals surface area contributed by atoms with Gasteiger partial charge in [0, 0.05) is 5.92 Å². The minimum atomic E-state index is -0.294. The summed E-state index contributed by atoms with van der Waals surface area (Å²) in [6, 6.07) is 22.8.